The number of ether oxygens (including phenoxy) is 1. The van der Waals surface area contributed by atoms with E-state index in [1.807, 2.05) is 24.3 Å². The van der Waals surface area contributed by atoms with Gasteiger partial charge in [-0.1, -0.05) is 48.5 Å². The predicted molar refractivity (Wildman–Crippen MR) is 81.0 cm³/mol. The van der Waals surface area contributed by atoms with E-state index < -0.39 is 0 Å². The van der Waals surface area contributed by atoms with Gasteiger partial charge in [0.1, 0.15) is 6.10 Å². The number of carbonyl (C=O) groups is 1. The second-order valence-electron chi connectivity index (χ2n) is 5.21. The maximum Gasteiger partial charge on any atom is 0.309 e. The second kappa shape index (κ2) is 5.80. The normalized spacial score (nSPS) is 16.7. The number of nitrogens with zero attached hydrogens (tertiary/aromatic N) is 1. The minimum absolute atomic E-state index is 0.0850. The lowest BCUT2D eigenvalue weighted by atomic mass is 9.99. The summed E-state index contributed by atoms with van der Waals surface area (Å²) in [6, 6.07) is 16.0. The van der Waals surface area contributed by atoms with Gasteiger partial charge in [-0.25, -0.2) is 4.85 Å². The molecule has 0 saturated carbocycles. The summed E-state index contributed by atoms with van der Waals surface area (Å²) in [4.78, 5) is 14.1. The molecule has 1 fully saturated rings. The lowest BCUT2D eigenvalue weighted by Crippen LogP contribution is -2.32. The molecule has 0 N–H and O–H groups in total. The van der Waals surface area contributed by atoms with E-state index in [-0.39, 0.29) is 12.1 Å². The van der Waals surface area contributed by atoms with E-state index >= 15 is 0 Å². The van der Waals surface area contributed by atoms with Crippen molar-refractivity contribution >= 4 is 11.7 Å². The first-order valence-corrected chi connectivity index (χ1v) is 7.01. The van der Waals surface area contributed by atoms with E-state index in [1.54, 1.807) is 0 Å². The molecule has 0 spiro atoms. The molecule has 3 heteroatoms. The molecule has 104 valence electrons. The first kappa shape index (κ1) is 13.4. The van der Waals surface area contributed by atoms with Crippen molar-refractivity contribution in [3.63, 3.8) is 0 Å². The molecule has 3 rings (SSSR count). The predicted octanol–water partition coefficient (Wildman–Crippen LogP) is 4.15. The molecule has 1 unspecified atom stereocenters. The molecule has 1 aliphatic heterocycles. The Kier molecular flexibility index (Phi) is 3.70. The average molecular weight is 277 g/mol. The topological polar surface area (TPSA) is 30.7 Å². The third-order valence-corrected chi connectivity index (χ3v) is 3.73. The SMILES string of the molecule is [C-]#[N+]c1ccc(-c2ccc(CCC3CC(=O)O3)cc2)cc1. The largest absolute Gasteiger partial charge is 0.462 e. The standard InChI is InChI=1S/C18H15NO2/c1-19-16-9-7-15(8-10-16)14-5-2-13(3-6-14)4-11-17-12-18(20)21-17/h2-3,5-10,17H,4,11-12H2. The summed E-state index contributed by atoms with van der Waals surface area (Å²) in [7, 11) is 0. The van der Waals surface area contributed by atoms with Crippen molar-refractivity contribution in [3.05, 3.63) is 65.5 Å². The summed E-state index contributed by atoms with van der Waals surface area (Å²) in [5.74, 6) is -0.0850. The Morgan fingerprint density at radius 3 is 2.14 bits per heavy atom. The van der Waals surface area contributed by atoms with Gasteiger partial charge in [0.2, 0.25) is 0 Å². The van der Waals surface area contributed by atoms with Crippen LogP contribution in [0.4, 0.5) is 5.69 Å². The molecule has 1 heterocycles. The van der Waals surface area contributed by atoms with Gasteiger partial charge in [-0.2, -0.15) is 0 Å². The number of hydrogen-bond acceptors (Lipinski definition) is 2. The van der Waals surface area contributed by atoms with Gasteiger partial charge in [0, 0.05) is 0 Å². The lowest BCUT2D eigenvalue weighted by Gasteiger charge is -2.25. The van der Waals surface area contributed by atoms with Crippen molar-refractivity contribution in [2.75, 3.05) is 0 Å². The fourth-order valence-electron chi connectivity index (χ4n) is 2.44. The highest BCUT2D eigenvalue weighted by Crippen LogP contribution is 2.24. The molecule has 21 heavy (non-hydrogen) atoms. The summed E-state index contributed by atoms with van der Waals surface area (Å²) in [6.45, 7) is 6.95. The summed E-state index contributed by atoms with van der Waals surface area (Å²) >= 11 is 0. The van der Waals surface area contributed by atoms with Gasteiger partial charge in [-0.05, 0) is 29.5 Å². The minimum atomic E-state index is -0.0850. The van der Waals surface area contributed by atoms with E-state index in [1.165, 1.54) is 5.56 Å². The number of hydrogen-bond donors (Lipinski definition) is 0. The summed E-state index contributed by atoms with van der Waals surface area (Å²) in [6.07, 6.45) is 2.49. The van der Waals surface area contributed by atoms with Crippen LogP contribution in [0.3, 0.4) is 0 Å². The first-order valence-electron chi connectivity index (χ1n) is 7.01. The lowest BCUT2D eigenvalue weighted by molar-refractivity contribution is -0.169. The van der Waals surface area contributed by atoms with Crippen molar-refractivity contribution in [3.8, 4) is 11.1 Å². The number of esters is 1. The Morgan fingerprint density at radius 2 is 1.62 bits per heavy atom. The van der Waals surface area contributed by atoms with Gasteiger partial charge in [-0.15, -0.1) is 0 Å². The quantitative estimate of drug-likeness (QED) is 0.621. The Labute approximate surface area is 124 Å². The van der Waals surface area contributed by atoms with Crippen molar-refractivity contribution < 1.29 is 9.53 Å². The summed E-state index contributed by atoms with van der Waals surface area (Å²) < 4.78 is 5.01. The third-order valence-electron chi connectivity index (χ3n) is 3.73. The number of cyclic esters (lactones) is 1. The second-order valence-corrected chi connectivity index (χ2v) is 5.21. The Balaban J connectivity index is 1.63. The molecule has 1 aliphatic rings. The van der Waals surface area contributed by atoms with Gasteiger partial charge in [0.15, 0.2) is 5.69 Å². The zero-order valence-corrected chi connectivity index (χ0v) is 11.6. The van der Waals surface area contributed by atoms with E-state index in [0.29, 0.717) is 12.1 Å². The highest BCUT2D eigenvalue weighted by atomic mass is 16.6. The minimum Gasteiger partial charge on any atom is -0.462 e. The number of aryl methyl sites for hydroxylation is 1. The molecular weight excluding hydrogens is 262 g/mol. The van der Waals surface area contributed by atoms with Crippen LogP contribution in [0.2, 0.25) is 0 Å². The molecule has 2 aromatic rings. The molecule has 1 atom stereocenters. The first-order chi connectivity index (χ1) is 10.2. The van der Waals surface area contributed by atoms with Crippen LogP contribution in [0.1, 0.15) is 18.4 Å². The van der Waals surface area contributed by atoms with Crippen molar-refractivity contribution in [1.29, 1.82) is 0 Å². The summed E-state index contributed by atoms with van der Waals surface area (Å²) in [5.41, 5.74) is 4.16. The Bertz CT molecular complexity index is 673. The van der Waals surface area contributed by atoms with Gasteiger partial charge in [-0.3, -0.25) is 4.79 Å². The van der Waals surface area contributed by atoms with Crippen LogP contribution in [0, 0.1) is 6.57 Å². The van der Waals surface area contributed by atoms with E-state index in [0.717, 1.165) is 24.0 Å². The van der Waals surface area contributed by atoms with Crippen LogP contribution in [0.5, 0.6) is 0 Å². The van der Waals surface area contributed by atoms with E-state index in [9.17, 15) is 4.79 Å². The number of rotatable bonds is 4. The molecule has 2 aromatic carbocycles. The molecule has 0 amide bonds. The molecule has 0 bridgehead atoms. The molecule has 0 radical (unpaired) electrons. The van der Waals surface area contributed by atoms with Gasteiger partial charge in [0.25, 0.3) is 0 Å². The van der Waals surface area contributed by atoms with Crippen LogP contribution < -0.4 is 0 Å². The van der Waals surface area contributed by atoms with E-state index in [4.69, 9.17) is 11.3 Å². The van der Waals surface area contributed by atoms with E-state index in [2.05, 4.69) is 29.1 Å². The molecule has 0 aliphatic carbocycles. The fraction of sp³-hybridized carbons (Fsp3) is 0.222. The van der Waals surface area contributed by atoms with Crippen molar-refractivity contribution in [2.45, 2.75) is 25.4 Å². The summed E-state index contributed by atoms with van der Waals surface area (Å²) in [5, 5.41) is 0. The van der Waals surface area contributed by atoms with Crippen molar-refractivity contribution in [2.24, 2.45) is 0 Å². The van der Waals surface area contributed by atoms with Crippen LogP contribution in [-0.2, 0) is 16.0 Å². The number of carbonyl (C=O) groups excluding carboxylic acids is 1. The average Bonchev–Trinajstić information content (AvgIpc) is 2.51. The fourth-order valence-corrected chi connectivity index (χ4v) is 2.44. The van der Waals surface area contributed by atoms with Crippen molar-refractivity contribution in [1.82, 2.24) is 0 Å². The maximum atomic E-state index is 10.7. The zero-order chi connectivity index (χ0) is 14.7. The Morgan fingerprint density at radius 1 is 1.05 bits per heavy atom. The smallest absolute Gasteiger partial charge is 0.309 e. The van der Waals surface area contributed by atoms with Crippen LogP contribution in [-0.4, -0.2) is 12.1 Å². The van der Waals surface area contributed by atoms with Gasteiger partial charge < -0.3 is 4.74 Å². The highest BCUT2D eigenvalue weighted by molar-refractivity contribution is 5.75. The Hall–Kier alpha value is -2.60. The van der Waals surface area contributed by atoms with Gasteiger partial charge >= 0.3 is 5.97 Å². The molecule has 3 nitrogen and oxygen atoms in total. The highest BCUT2D eigenvalue weighted by Gasteiger charge is 2.27. The van der Waals surface area contributed by atoms with Crippen LogP contribution >= 0.6 is 0 Å². The van der Waals surface area contributed by atoms with Gasteiger partial charge in [0.05, 0.1) is 13.0 Å². The molecule has 1 saturated heterocycles. The molecule has 0 aromatic heterocycles. The monoisotopic (exact) mass is 277 g/mol. The third kappa shape index (κ3) is 3.11. The number of benzene rings is 2. The molecular formula is C18H15NO2. The van der Waals surface area contributed by atoms with Crippen LogP contribution in [0.15, 0.2) is 48.5 Å². The maximum absolute atomic E-state index is 10.7. The van der Waals surface area contributed by atoms with Crippen LogP contribution in [0.25, 0.3) is 16.0 Å². The zero-order valence-electron chi connectivity index (χ0n) is 11.6.